The minimum absolute atomic E-state index is 0.135. The average Bonchev–Trinajstić information content (AvgIpc) is 2.31. The van der Waals surface area contributed by atoms with Crippen molar-refractivity contribution >= 4 is 30.1 Å². The summed E-state index contributed by atoms with van der Waals surface area (Å²) in [6, 6.07) is 5.07. The van der Waals surface area contributed by atoms with Crippen molar-refractivity contribution in [1.82, 2.24) is 4.90 Å². The first kappa shape index (κ1) is 12.7. The second kappa shape index (κ2) is 5.29. The van der Waals surface area contributed by atoms with E-state index in [1.165, 1.54) is 0 Å². The molecular weight excluding hydrogens is 258 g/mol. The Morgan fingerprint density at radius 2 is 2.29 bits per heavy atom. The summed E-state index contributed by atoms with van der Waals surface area (Å²) in [5.74, 6) is -0.135. The van der Waals surface area contributed by atoms with Gasteiger partial charge in [0.1, 0.15) is 0 Å². The highest BCUT2D eigenvalue weighted by atomic mass is 35.5. The van der Waals surface area contributed by atoms with Crippen molar-refractivity contribution in [3.8, 4) is 0 Å². The highest BCUT2D eigenvalue weighted by Crippen LogP contribution is 2.22. The molecule has 0 spiro atoms. The molecule has 1 aromatic rings. The van der Waals surface area contributed by atoms with Crippen molar-refractivity contribution < 1.29 is 9.90 Å². The number of aliphatic hydroxyl groups excluding tert-OH is 1. The molecular formula is C12H14ClNO2S. The van der Waals surface area contributed by atoms with Crippen LogP contribution in [-0.2, 0) is 0 Å². The Bertz CT molecular complexity index is 439. The van der Waals surface area contributed by atoms with Crippen LogP contribution in [-0.4, -0.2) is 35.1 Å². The summed E-state index contributed by atoms with van der Waals surface area (Å²) in [6.07, 6.45) is 1.15. The van der Waals surface area contributed by atoms with Crippen molar-refractivity contribution in [2.75, 3.05) is 13.1 Å². The second-order valence-corrected chi connectivity index (χ2v) is 5.13. The summed E-state index contributed by atoms with van der Waals surface area (Å²) in [4.78, 5) is 14.6. The smallest absolute Gasteiger partial charge is 0.255 e. The number of hydrogen-bond donors (Lipinski definition) is 2. The number of nitrogens with zero attached hydrogens (tertiary/aromatic N) is 1. The largest absolute Gasteiger partial charge is 0.391 e. The van der Waals surface area contributed by atoms with Crippen molar-refractivity contribution in [1.29, 1.82) is 0 Å². The fraction of sp³-hybridized carbons (Fsp3) is 0.417. The lowest BCUT2D eigenvalue weighted by Gasteiger charge is -2.30. The van der Waals surface area contributed by atoms with Crippen LogP contribution in [0.3, 0.4) is 0 Å². The molecule has 1 aliphatic rings. The Balaban J connectivity index is 2.21. The first-order chi connectivity index (χ1) is 8.08. The molecule has 1 amide bonds. The zero-order valence-electron chi connectivity index (χ0n) is 9.27. The molecule has 0 bridgehead atoms. The molecule has 0 aliphatic carbocycles. The third-order valence-corrected chi connectivity index (χ3v) is 3.47. The van der Waals surface area contributed by atoms with E-state index in [9.17, 15) is 9.90 Å². The van der Waals surface area contributed by atoms with Gasteiger partial charge in [-0.1, -0.05) is 11.6 Å². The van der Waals surface area contributed by atoms with Crippen molar-refractivity contribution in [3.63, 3.8) is 0 Å². The maximum atomic E-state index is 12.2. The normalized spacial score (nSPS) is 20.4. The summed E-state index contributed by atoms with van der Waals surface area (Å²) in [7, 11) is 0. The molecule has 1 aliphatic heterocycles. The molecule has 1 unspecified atom stereocenters. The maximum Gasteiger partial charge on any atom is 0.255 e. The number of carbonyl (C=O) groups is 1. The van der Waals surface area contributed by atoms with Crippen LogP contribution in [0.5, 0.6) is 0 Å². The highest BCUT2D eigenvalue weighted by molar-refractivity contribution is 7.80. The molecule has 2 rings (SSSR count). The molecule has 1 aromatic carbocycles. The monoisotopic (exact) mass is 271 g/mol. The van der Waals surface area contributed by atoms with Crippen LogP contribution in [0, 0.1) is 0 Å². The number of rotatable bonds is 1. The zero-order chi connectivity index (χ0) is 12.4. The van der Waals surface area contributed by atoms with E-state index in [4.69, 9.17) is 11.6 Å². The third-order valence-electron chi connectivity index (χ3n) is 2.86. The van der Waals surface area contributed by atoms with Gasteiger partial charge in [0.15, 0.2) is 0 Å². The number of carbonyl (C=O) groups excluding carboxylic acids is 1. The van der Waals surface area contributed by atoms with E-state index < -0.39 is 6.10 Å². The molecule has 1 heterocycles. The van der Waals surface area contributed by atoms with Gasteiger partial charge in [0, 0.05) is 18.0 Å². The van der Waals surface area contributed by atoms with Crippen LogP contribution >= 0.6 is 24.2 Å². The predicted octanol–water partition coefficient (Wildman–Crippen LogP) is 2.23. The van der Waals surface area contributed by atoms with Crippen LogP contribution < -0.4 is 0 Å². The molecule has 0 aromatic heterocycles. The average molecular weight is 272 g/mol. The lowest BCUT2D eigenvalue weighted by Crippen LogP contribution is -2.42. The zero-order valence-corrected chi connectivity index (χ0v) is 10.9. The van der Waals surface area contributed by atoms with Gasteiger partial charge in [0.25, 0.3) is 5.91 Å². The maximum absolute atomic E-state index is 12.2. The van der Waals surface area contributed by atoms with Crippen molar-refractivity contribution in [3.05, 3.63) is 28.8 Å². The van der Waals surface area contributed by atoms with E-state index in [0.29, 0.717) is 28.6 Å². The fourth-order valence-electron chi connectivity index (χ4n) is 1.99. The van der Waals surface area contributed by atoms with Crippen molar-refractivity contribution in [2.24, 2.45) is 0 Å². The van der Waals surface area contributed by atoms with Gasteiger partial charge in [-0.3, -0.25) is 4.79 Å². The van der Waals surface area contributed by atoms with Gasteiger partial charge in [-0.15, -0.1) is 12.6 Å². The van der Waals surface area contributed by atoms with Crippen molar-refractivity contribution in [2.45, 2.75) is 23.8 Å². The van der Waals surface area contributed by atoms with E-state index in [-0.39, 0.29) is 5.91 Å². The molecule has 0 saturated carbocycles. The first-order valence-electron chi connectivity index (χ1n) is 5.54. The van der Waals surface area contributed by atoms with Gasteiger partial charge in [0.05, 0.1) is 16.7 Å². The van der Waals surface area contributed by atoms with Gasteiger partial charge in [-0.05, 0) is 31.0 Å². The minimum Gasteiger partial charge on any atom is -0.391 e. The number of thiol groups is 1. The number of aliphatic hydroxyl groups is 1. The summed E-state index contributed by atoms with van der Waals surface area (Å²) in [5.41, 5.74) is 0.452. The van der Waals surface area contributed by atoms with Gasteiger partial charge in [0.2, 0.25) is 0 Å². The topological polar surface area (TPSA) is 40.5 Å². The molecule has 1 fully saturated rings. The summed E-state index contributed by atoms with van der Waals surface area (Å²) in [5, 5.41) is 9.98. The number of benzene rings is 1. The summed E-state index contributed by atoms with van der Waals surface area (Å²) >= 11 is 10.2. The second-order valence-electron chi connectivity index (χ2n) is 4.21. The van der Waals surface area contributed by atoms with E-state index in [1.54, 1.807) is 23.1 Å². The van der Waals surface area contributed by atoms with E-state index in [0.717, 1.165) is 12.8 Å². The minimum atomic E-state index is -0.425. The SMILES string of the molecule is O=C(c1cc(S)ccc1Cl)N1CCCC(O)C1. The van der Waals surface area contributed by atoms with Crippen LogP contribution in [0.1, 0.15) is 23.2 Å². The molecule has 0 radical (unpaired) electrons. The Labute approximate surface area is 111 Å². The first-order valence-corrected chi connectivity index (χ1v) is 6.36. The van der Waals surface area contributed by atoms with E-state index in [1.807, 2.05) is 0 Å². The molecule has 92 valence electrons. The van der Waals surface area contributed by atoms with Crippen LogP contribution in [0.15, 0.2) is 23.1 Å². The number of halogens is 1. The van der Waals surface area contributed by atoms with Crippen LogP contribution in [0.25, 0.3) is 0 Å². The highest BCUT2D eigenvalue weighted by Gasteiger charge is 2.24. The number of likely N-dealkylation sites (tertiary alicyclic amines) is 1. The van der Waals surface area contributed by atoms with Gasteiger partial charge < -0.3 is 10.0 Å². The quantitative estimate of drug-likeness (QED) is 0.769. The summed E-state index contributed by atoms with van der Waals surface area (Å²) < 4.78 is 0. The summed E-state index contributed by atoms with van der Waals surface area (Å²) in [6.45, 7) is 1.05. The number of piperidine rings is 1. The van der Waals surface area contributed by atoms with E-state index >= 15 is 0 Å². The van der Waals surface area contributed by atoms with Gasteiger partial charge in [-0.2, -0.15) is 0 Å². The molecule has 17 heavy (non-hydrogen) atoms. The van der Waals surface area contributed by atoms with E-state index in [2.05, 4.69) is 12.6 Å². The fourth-order valence-corrected chi connectivity index (χ4v) is 2.39. The molecule has 1 saturated heterocycles. The molecule has 5 heteroatoms. The standard InChI is InChI=1S/C12H14ClNO2S/c13-11-4-3-9(17)6-10(11)12(16)14-5-1-2-8(15)7-14/h3-4,6,8,15,17H,1-2,5,7H2. The molecule has 1 atom stereocenters. The van der Waals surface area contributed by atoms with Crippen LogP contribution in [0.2, 0.25) is 5.02 Å². The Morgan fingerprint density at radius 3 is 3.00 bits per heavy atom. The predicted molar refractivity (Wildman–Crippen MR) is 69.8 cm³/mol. The Kier molecular flexibility index (Phi) is 3.97. The third kappa shape index (κ3) is 2.94. The van der Waals surface area contributed by atoms with Crippen LogP contribution in [0.4, 0.5) is 0 Å². The molecule has 1 N–H and O–H groups in total. The molecule has 3 nitrogen and oxygen atoms in total. The Hall–Kier alpha value is -0.710. The number of β-amino-alcohol motifs (C(OH)–C–C–N with tert-alkyl or cyclic N) is 1. The van der Waals surface area contributed by atoms with Gasteiger partial charge in [-0.25, -0.2) is 0 Å². The van der Waals surface area contributed by atoms with Gasteiger partial charge >= 0.3 is 0 Å². The number of amides is 1. The number of hydrogen-bond acceptors (Lipinski definition) is 3. The lowest BCUT2D eigenvalue weighted by atomic mass is 10.1. The lowest BCUT2D eigenvalue weighted by molar-refractivity contribution is 0.0473. The Morgan fingerprint density at radius 1 is 1.53 bits per heavy atom.